The van der Waals surface area contributed by atoms with Crippen molar-refractivity contribution in [1.82, 2.24) is 19.3 Å². The van der Waals surface area contributed by atoms with Crippen LogP contribution in [0.4, 0.5) is 0 Å². The van der Waals surface area contributed by atoms with E-state index in [2.05, 4.69) is 26.2 Å². The molecule has 0 aliphatic carbocycles. The van der Waals surface area contributed by atoms with Crippen molar-refractivity contribution in [3.05, 3.63) is 30.5 Å². The zero-order chi connectivity index (χ0) is 11.8. The van der Waals surface area contributed by atoms with Gasteiger partial charge in [-0.3, -0.25) is 14.3 Å². The Hall–Kier alpha value is -1.17. The first-order chi connectivity index (χ1) is 8.24. The maximum absolute atomic E-state index is 6.04. The van der Waals surface area contributed by atoms with E-state index in [-0.39, 0.29) is 12.4 Å². The summed E-state index contributed by atoms with van der Waals surface area (Å²) in [5.74, 6) is 0.579. The molecule has 2 aromatic rings. The lowest BCUT2D eigenvalue weighted by Gasteiger charge is -2.14. The fourth-order valence-electron chi connectivity index (χ4n) is 2.47. The standard InChI is InChI=1S/C12H17N5.ClH/c1-9-6-16(8-11(9)13)7-10-4-15-12-5-14-2-3-17(10)12;/h2-5,9,11H,6-8,13H2,1H3;1H. The third-order valence-electron chi connectivity index (χ3n) is 3.53. The number of nitrogens with two attached hydrogens (primary N) is 1. The van der Waals surface area contributed by atoms with Crippen molar-refractivity contribution in [2.75, 3.05) is 13.1 Å². The summed E-state index contributed by atoms with van der Waals surface area (Å²) in [4.78, 5) is 10.8. The fourth-order valence-corrected chi connectivity index (χ4v) is 2.47. The van der Waals surface area contributed by atoms with Gasteiger partial charge in [0.2, 0.25) is 0 Å². The molecule has 0 radical (unpaired) electrons. The molecule has 2 N–H and O–H groups in total. The van der Waals surface area contributed by atoms with Gasteiger partial charge in [0.1, 0.15) is 0 Å². The molecule has 3 heterocycles. The van der Waals surface area contributed by atoms with E-state index in [4.69, 9.17) is 5.73 Å². The second-order valence-electron chi connectivity index (χ2n) is 4.89. The van der Waals surface area contributed by atoms with Gasteiger partial charge < -0.3 is 5.73 Å². The van der Waals surface area contributed by atoms with Crippen molar-refractivity contribution in [3.63, 3.8) is 0 Å². The molecule has 1 aliphatic rings. The molecular formula is C12H18ClN5. The first-order valence-electron chi connectivity index (χ1n) is 5.98. The van der Waals surface area contributed by atoms with Gasteiger partial charge in [-0.25, -0.2) is 4.98 Å². The van der Waals surface area contributed by atoms with Crippen LogP contribution >= 0.6 is 12.4 Å². The number of rotatable bonds is 2. The van der Waals surface area contributed by atoms with Crippen LogP contribution in [-0.2, 0) is 6.54 Å². The number of imidazole rings is 1. The molecule has 0 amide bonds. The topological polar surface area (TPSA) is 59.5 Å². The smallest absolute Gasteiger partial charge is 0.155 e. The van der Waals surface area contributed by atoms with Gasteiger partial charge in [-0.2, -0.15) is 0 Å². The van der Waals surface area contributed by atoms with Crippen LogP contribution < -0.4 is 5.73 Å². The van der Waals surface area contributed by atoms with Crippen molar-refractivity contribution >= 4 is 18.1 Å². The lowest BCUT2D eigenvalue weighted by molar-refractivity contribution is 0.314. The van der Waals surface area contributed by atoms with E-state index in [9.17, 15) is 0 Å². The maximum atomic E-state index is 6.04. The molecular weight excluding hydrogens is 250 g/mol. The highest BCUT2D eigenvalue weighted by Gasteiger charge is 2.26. The van der Waals surface area contributed by atoms with E-state index >= 15 is 0 Å². The Labute approximate surface area is 112 Å². The Morgan fingerprint density at radius 1 is 1.39 bits per heavy atom. The number of hydrogen-bond acceptors (Lipinski definition) is 4. The molecule has 0 spiro atoms. The van der Waals surface area contributed by atoms with E-state index in [1.807, 2.05) is 12.4 Å². The minimum Gasteiger partial charge on any atom is -0.326 e. The Morgan fingerprint density at radius 3 is 2.94 bits per heavy atom. The second-order valence-corrected chi connectivity index (χ2v) is 4.89. The Bertz CT molecular complexity index is 516. The zero-order valence-corrected chi connectivity index (χ0v) is 11.2. The predicted molar refractivity (Wildman–Crippen MR) is 72.7 cm³/mol. The maximum Gasteiger partial charge on any atom is 0.155 e. The molecule has 98 valence electrons. The molecule has 3 rings (SSSR count). The van der Waals surface area contributed by atoms with Gasteiger partial charge in [0.05, 0.1) is 18.1 Å². The van der Waals surface area contributed by atoms with Crippen molar-refractivity contribution in [3.8, 4) is 0 Å². The lowest BCUT2D eigenvalue weighted by Crippen LogP contribution is -2.28. The summed E-state index contributed by atoms with van der Waals surface area (Å²) in [7, 11) is 0. The Balaban J connectivity index is 0.00000120. The van der Waals surface area contributed by atoms with Crippen LogP contribution in [0.15, 0.2) is 24.8 Å². The summed E-state index contributed by atoms with van der Waals surface area (Å²) in [5.41, 5.74) is 8.14. The van der Waals surface area contributed by atoms with Gasteiger partial charge in [0, 0.05) is 38.1 Å². The first kappa shape index (κ1) is 13.3. The van der Waals surface area contributed by atoms with E-state index in [1.54, 1.807) is 12.4 Å². The number of fused-ring (bicyclic) bond motifs is 1. The van der Waals surface area contributed by atoms with Crippen LogP contribution in [0.3, 0.4) is 0 Å². The summed E-state index contributed by atoms with van der Waals surface area (Å²) < 4.78 is 2.08. The van der Waals surface area contributed by atoms with Crippen molar-refractivity contribution in [2.24, 2.45) is 11.7 Å². The van der Waals surface area contributed by atoms with Crippen LogP contribution in [-0.4, -0.2) is 38.4 Å². The van der Waals surface area contributed by atoms with Gasteiger partial charge >= 0.3 is 0 Å². The van der Waals surface area contributed by atoms with Crippen molar-refractivity contribution in [1.29, 1.82) is 0 Å². The van der Waals surface area contributed by atoms with Crippen LogP contribution in [0, 0.1) is 5.92 Å². The Morgan fingerprint density at radius 2 is 2.22 bits per heavy atom. The van der Waals surface area contributed by atoms with Gasteiger partial charge in [0.25, 0.3) is 0 Å². The average molecular weight is 268 g/mol. The van der Waals surface area contributed by atoms with E-state index in [1.165, 1.54) is 5.69 Å². The minimum atomic E-state index is 0. The molecule has 0 saturated carbocycles. The summed E-state index contributed by atoms with van der Waals surface area (Å²) >= 11 is 0. The minimum absolute atomic E-state index is 0. The highest BCUT2D eigenvalue weighted by atomic mass is 35.5. The van der Waals surface area contributed by atoms with Crippen LogP contribution in [0.5, 0.6) is 0 Å². The molecule has 5 nitrogen and oxygen atoms in total. The number of hydrogen-bond donors (Lipinski definition) is 1. The van der Waals surface area contributed by atoms with Gasteiger partial charge in [-0.05, 0) is 5.92 Å². The van der Waals surface area contributed by atoms with Gasteiger partial charge in [0.15, 0.2) is 5.65 Å². The monoisotopic (exact) mass is 267 g/mol. The van der Waals surface area contributed by atoms with Gasteiger partial charge in [-0.1, -0.05) is 6.92 Å². The average Bonchev–Trinajstić information content (AvgIpc) is 2.85. The zero-order valence-electron chi connectivity index (χ0n) is 10.4. The number of likely N-dealkylation sites (tertiary alicyclic amines) is 1. The third-order valence-corrected chi connectivity index (χ3v) is 3.53. The third kappa shape index (κ3) is 2.34. The van der Waals surface area contributed by atoms with Crippen molar-refractivity contribution in [2.45, 2.75) is 19.5 Å². The second kappa shape index (κ2) is 5.22. The summed E-state index contributed by atoms with van der Waals surface area (Å²) in [5, 5.41) is 0. The van der Waals surface area contributed by atoms with Crippen LogP contribution in [0.25, 0.3) is 5.65 Å². The summed E-state index contributed by atoms with van der Waals surface area (Å²) in [6, 6.07) is 0.302. The largest absolute Gasteiger partial charge is 0.326 e. The normalized spacial score (nSPS) is 24.3. The van der Waals surface area contributed by atoms with E-state index < -0.39 is 0 Å². The molecule has 1 saturated heterocycles. The first-order valence-corrected chi connectivity index (χ1v) is 5.98. The quantitative estimate of drug-likeness (QED) is 0.880. The molecule has 18 heavy (non-hydrogen) atoms. The SMILES string of the molecule is CC1CN(Cc2cnc3cnccn23)CC1N.Cl. The molecule has 2 aromatic heterocycles. The molecule has 1 aliphatic heterocycles. The molecule has 0 bridgehead atoms. The van der Waals surface area contributed by atoms with Gasteiger partial charge in [-0.15, -0.1) is 12.4 Å². The van der Waals surface area contributed by atoms with E-state index in [0.717, 1.165) is 25.3 Å². The summed E-state index contributed by atoms with van der Waals surface area (Å²) in [6.45, 7) is 5.16. The number of halogens is 1. The molecule has 1 fully saturated rings. The number of nitrogens with zero attached hydrogens (tertiary/aromatic N) is 4. The predicted octanol–water partition coefficient (Wildman–Crippen LogP) is 0.930. The van der Waals surface area contributed by atoms with Crippen molar-refractivity contribution < 1.29 is 0 Å². The molecule has 2 atom stereocenters. The highest BCUT2D eigenvalue weighted by Crippen LogP contribution is 2.17. The molecule has 2 unspecified atom stereocenters. The van der Waals surface area contributed by atoms with Crippen LogP contribution in [0.2, 0.25) is 0 Å². The number of aromatic nitrogens is 3. The fraction of sp³-hybridized carbons (Fsp3) is 0.500. The van der Waals surface area contributed by atoms with E-state index in [0.29, 0.717) is 12.0 Å². The molecule has 6 heteroatoms. The Kier molecular flexibility index (Phi) is 3.85. The summed E-state index contributed by atoms with van der Waals surface area (Å²) in [6.07, 6.45) is 7.45. The van der Waals surface area contributed by atoms with Crippen LogP contribution in [0.1, 0.15) is 12.6 Å². The lowest BCUT2D eigenvalue weighted by atomic mass is 10.1. The highest BCUT2D eigenvalue weighted by molar-refractivity contribution is 5.85. The molecule has 0 aromatic carbocycles.